The molecule has 1 aliphatic rings. The molecular weight excluding hydrogens is 323 g/mol. The molecule has 4 N–H and O–H groups in total. The van der Waals surface area contributed by atoms with Gasteiger partial charge in [0.2, 0.25) is 0 Å². The van der Waals surface area contributed by atoms with Gasteiger partial charge in [0, 0.05) is 19.3 Å². The van der Waals surface area contributed by atoms with Gasteiger partial charge in [0.25, 0.3) is 5.56 Å². The van der Waals surface area contributed by atoms with E-state index in [1.165, 1.54) is 7.05 Å². The lowest BCUT2D eigenvalue weighted by atomic mass is 10.1. The molecule has 11 nitrogen and oxygen atoms in total. The smallest absolute Gasteiger partial charge is 0.387 e. The van der Waals surface area contributed by atoms with Crippen LogP contribution in [0, 0.1) is 0 Å². The lowest BCUT2D eigenvalue weighted by Gasteiger charge is -2.17. The van der Waals surface area contributed by atoms with Crippen molar-refractivity contribution in [1.29, 1.82) is 0 Å². The summed E-state index contributed by atoms with van der Waals surface area (Å²) in [5, 5.41) is 19.7. The molecule has 0 unspecified atom stereocenters. The van der Waals surface area contributed by atoms with Gasteiger partial charge in [-0.05, 0) is 0 Å². The Morgan fingerprint density at radius 1 is 1.32 bits per heavy atom. The van der Waals surface area contributed by atoms with Gasteiger partial charge in [0.15, 0.2) is 6.23 Å². The Morgan fingerprint density at radius 3 is 2.55 bits per heavy atom. The molecule has 1 saturated heterocycles. The number of aliphatic hydroxyl groups is 2. The summed E-state index contributed by atoms with van der Waals surface area (Å²) in [5.74, 6) is 0. The van der Waals surface area contributed by atoms with Gasteiger partial charge in [-0.15, -0.1) is 0 Å². The summed E-state index contributed by atoms with van der Waals surface area (Å²) in [6.07, 6.45) is -4.55. The minimum atomic E-state index is -4.77. The third-order valence-corrected chi connectivity index (χ3v) is 3.72. The van der Waals surface area contributed by atoms with E-state index < -0.39 is 50.2 Å². The highest BCUT2D eigenvalue weighted by atomic mass is 31.2. The molecule has 1 fully saturated rings. The van der Waals surface area contributed by atoms with Crippen molar-refractivity contribution in [2.24, 2.45) is 7.05 Å². The van der Waals surface area contributed by atoms with Crippen LogP contribution in [0.5, 0.6) is 0 Å². The average Bonchev–Trinajstić information content (AvgIpc) is 2.70. The Hall–Kier alpha value is -1.33. The van der Waals surface area contributed by atoms with Crippen LogP contribution in [0.4, 0.5) is 0 Å². The zero-order valence-electron chi connectivity index (χ0n) is 11.3. The van der Waals surface area contributed by atoms with Crippen LogP contribution < -0.4 is 11.2 Å². The first kappa shape index (κ1) is 17.0. The fourth-order valence-corrected chi connectivity index (χ4v) is 2.39. The van der Waals surface area contributed by atoms with Crippen LogP contribution in [0.3, 0.4) is 0 Å². The molecule has 0 spiro atoms. The van der Waals surface area contributed by atoms with Crippen molar-refractivity contribution in [3.63, 3.8) is 0 Å². The molecule has 0 aliphatic carbocycles. The Balaban J connectivity index is 2.24. The third kappa shape index (κ3) is 3.36. The van der Waals surface area contributed by atoms with Gasteiger partial charge in [-0.2, -0.15) is 0 Å². The van der Waals surface area contributed by atoms with Gasteiger partial charge in [-0.3, -0.25) is 18.5 Å². The quantitative estimate of drug-likeness (QED) is 0.427. The van der Waals surface area contributed by atoms with Crippen LogP contribution >= 0.6 is 7.82 Å². The van der Waals surface area contributed by atoms with E-state index in [1.54, 1.807) is 0 Å². The van der Waals surface area contributed by atoms with Crippen LogP contribution in [0.15, 0.2) is 21.9 Å². The Kier molecular flexibility index (Phi) is 4.68. The van der Waals surface area contributed by atoms with Crippen molar-refractivity contribution in [3.05, 3.63) is 33.1 Å². The number of nitrogens with zero attached hydrogens (tertiary/aromatic N) is 2. The summed E-state index contributed by atoms with van der Waals surface area (Å²) < 4.78 is 21.8. The van der Waals surface area contributed by atoms with Crippen LogP contribution in [-0.2, 0) is 20.9 Å². The van der Waals surface area contributed by atoms with Crippen molar-refractivity contribution >= 4 is 7.82 Å². The van der Waals surface area contributed by atoms with Gasteiger partial charge >= 0.3 is 13.5 Å². The molecule has 0 aromatic carbocycles. The standard InChI is InChI=1S/C10H15N2O9P/c1-11-6(13)2-3-12(10(11)16)9-8(15)7(14)5(21-9)4-20-22(17,18)19/h2-3,5,7-9,14-15H,4H2,1H3,(H2,17,18,19)/t5-,7-,8-,9-/m1/s1. The Labute approximate surface area is 123 Å². The zero-order chi connectivity index (χ0) is 16.7. The van der Waals surface area contributed by atoms with Crippen molar-refractivity contribution in [2.45, 2.75) is 24.5 Å². The van der Waals surface area contributed by atoms with Crippen LogP contribution in [-0.4, -0.2) is 54.1 Å². The minimum absolute atomic E-state index is 0.560. The summed E-state index contributed by atoms with van der Waals surface area (Å²) in [4.78, 5) is 40.5. The molecule has 12 heteroatoms. The van der Waals surface area contributed by atoms with E-state index in [4.69, 9.17) is 14.5 Å². The molecule has 1 aliphatic heterocycles. The van der Waals surface area contributed by atoms with Crippen molar-refractivity contribution in [3.8, 4) is 0 Å². The Morgan fingerprint density at radius 2 is 1.95 bits per heavy atom. The van der Waals surface area contributed by atoms with E-state index in [1.807, 2.05) is 0 Å². The first-order chi connectivity index (χ1) is 10.1. The highest BCUT2D eigenvalue weighted by molar-refractivity contribution is 7.46. The monoisotopic (exact) mass is 338 g/mol. The van der Waals surface area contributed by atoms with Crippen molar-refractivity contribution < 1.29 is 33.8 Å². The fourth-order valence-electron chi connectivity index (χ4n) is 2.05. The minimum Gasteiger partial charge on any atom is -0.387 e. The molecule has 1 aromatic heterocycles. The lowest BCUT2D eigenvalue weighted by Crippen LogP contribution is -2.41. The number of ether oxygens (including phenoxy) is 1. The highest BCUT2D eigenvalue weighted by Gasteiger charge is 2.45. The molecule has 0 saturated carbocycles. The number of phosphoric acid groups is 1. The molecule has 0 amide bonds. The van der Waals surface area contributed by atoms with E-state index in [0.29, 0.717) is 0 Å². The predicted octanol–water partition coefficient (Wildman–Crippen LogP) is -2.72. The molecule has 4 atom stereocenters. The maximum Gasteiger partial charge on any atom is 0.469 e. The first-order valence-electron chi connectivity index (χ1n) is 6.11. The second-order valence-corrected chi connectivity index (χ2v) is 5.97. The lowest BCUT2D eigenvalue weighted by molar-refractivity contribution is -0.0547. The van der Waals surface area contributed by atoms with E-state index in [2.05, 4.69) is 4.52 Å². The van der Waals surface area contributed by atoms with E-state index in [-0.39, 0.29) is 0 Å². The number of aromatic nitrogens is 2. The van der Waals surface area contributed by atoms with Crippen molar-refractivity contribution in [2.75, 3.05) is 6.61 Å². The number of phosphoric ester groups is 1. The highest BCUT2D eigenvalue weighted by Crippen LogP contribution is 2.38. The van der Waals surface area contributed by atoms with E-state index in [9.17, 15) is 24.4 Å². The van der Waals surface area contributed by atoms with E-state index in [0.717, 1.165) is 21.4 Å². The summed E-state index contributed by atoms with van der Waals surface area (Å²) >= 11 is 0. The maximum atomic E-state index is 12.0. The molecule has 1 aromatic rings. The third-order valence-electron chi connectivity index (χ3n) is 3.23. The molecule has 124 valence electrons. The van der Waals surface area contributed by atoms with Gasteiger partial charge in [0.1, 0.15) is 18.3 Å². The number of rotatable bonds is 4. The summed E-state index contributed by atoms with van der Waals surface area (Å²) in [5.41, 5.74) is -1.34. The van der Waals surface area contributed by atoms with E-state index >= 15 is 0 Å². The van der Waals surface area contributed by atoms with Gasteiger partial charge in [0.05, 0.1) is 6.61 Å². The normalized spacial score (nSPS) is 29.0. The van der Waals surface area contributed by atoms with Gasteiger partial charge in [-0.25, -0.2) is 9.36 Å². The largest absolute Gasteiger partial charge is 0.469 e. The fraction of sp³-hybridized carbons (Fsp3) is 0.600. The average molecular weight is 338 g/mol. The molecule has 2 rings (SSSR count). The predicted molar refractivity (Wildman–Crippen MR) is 69.9 cm³/mol. The Bertz CT molecular complexity index is 707. The van der Waals surface area contributed by atoms with Gasteiger partial charge in [-0.1, -0.05) is 0 Å². The number of hydrogen-bond acceptors (Lipinski definition) is 7. The zero-order valence-corrected chi connectivity index (χ0v) is 12.2. The SMILES string of the molecule is Cn1c(=O)ccn([C@@H]2O[C@H](COP(=O)(O)O)[C@@H](O)[C@H]2O)c1=O. The summed E-state index contributed by atoms with van der Waals surface area (Å²) in [7, 11) is -3.54. The van der Waals surface area contributed by atoms with Crippen molar-refractivity contribution in [1.82, 2.24) is 9.13 Å². The van der Waals surface area contributed by atoms with Crippen LogP contribution in [0.25, 0.3) is 0 Å². The van der Waals surface area contributed by atoms with Gasteiger partial charge < -0.3 is 24.7 Å². The molecule has 2 heterocycles. The second-order valence-electron chi connectivity index (χ2n) is 4.74. The topological polar surface area (TPSA) is 160 Å². The summed E-state index contributed by atoms with van der Waals surface area (Å²) in [6, 6.07) is 1.07. The molecule has 0 radical (unpaired) electrons. The van der Waals surface area contributed by atoms with Crippen LogP contribution in [0.1, 0.15) is 6.23 Å². The summed E-state index contributed by atoms with van der Waals surface area (Å²) in [6.45, 7) is -0.681. The van der Waals surface area contributed by atoms with Crippen LogP contribution in [0.2, 0.25) is 0 Å². The second kappa shape index (κ2) is 6.05. The number of hydrogen-bond donors (Lipinski definition) is 4. The first-order valence-corrected chi connectivity index (χ1v) is 7.64. The molecule has 0 bridgehead atoms. The number of aliphatic hydroxyl groups excluding tert-OH is 2. The maximum absolute atomic E-state index is 12.0. The molecular formula is C10H15N2O9P. The molecule has 22 heavy (non-hydrogen) atoms.